The van der Waals surface area contributed by atoms with Crippen LogP contribution in [-0.2, 0) is 17.1 Å². The first-order valence-electron chi connectivity index (χ1n) is 5.00. The molecule has 18 heavy (non-hydrogen) atoms. The average Bonchev–Trinajstić information content (AvgIpc) is 2.89. The van der Waals surface area contributed by atoms with Gasteiger partial charge in [0, 0.05) is 18.6 Å². The quantitative estimate of drug-likeness (QED) is 0.930. The van der Waals surface area contributed by atoms with E-state index in [1.807, 2.05) is 0 Å². The Labute approximate surface area is 114 Å². The molecule has 2 aromatic heterocycles. The van der Waals surface area contributed by atoms with Crippen LogP contribution in [0.1, 0.15) is 18.0 Å². The Bertz CT molecular complexity index is 636. The Balaban J connectivity index is 2.25. The second kappa shape index (κ2) is 4.96. The Morgan fingerprint density at radius 2 is 2.22 bits per heavy atom. The Hall–Kier alpha value is -0.960. The summed E-state index contributed by atoms with van der Waals surface area (Å²) in [6.45, 7) is 1.72. The zero-order valence-electron chi connectivity index (χ0n) is 9.66. The molecule has 0 aliphatic heterocycles. The van der Waals surface area contributed by atoms with E-state index in [-0.39, 0.29) is 10.2 Å². The highest BCUT2D eigenvalue weighted by molar-refractivity contribution is 7.89. The van der Waals surface area contributed by atoms with Crippen molar-refractivity contribution in [3.05, 3.63) is 28.1 Å². The van der Waals surface area contributed by atoms with Gasteiger partial charge in [-0.3, -0.25) is 0 Å². The molecule has 1 N–H and O–H groups in total. The molecule has 1 unspecified atom stereocenters. The van der Waals surface area contributed by atoms with Crippen LogP contribution in [0.2, 0.25) is 5.15 Å². The van der Waals surface area contributed by atoms with Crippen molar-refractivity contribution in [2.24, 2.45) is 7.05 Å². The summed E-state index contributed by atoms with van der Waals surface area (Å²) in [6.07, 6.45) is 2.98. The molecule has 0 aliphatic rings. The summed E-state index contributed by atoms with van der Waals surface area (Å²) in [4.78, 5) is 7.84. The van der Waals surface area contributed by atoms with Gasteiger partial charge in [0.25, 0.3) is 10.0 Å². The van der Waals surface area contributed by atoms with Gasteiger partial charge in [-0.2, -0.15) is 0 Å². The predicted molar refractivity (Wildman–Crippen MR) is 69.1 cm³/mol. The Morgan fingerprint density at radius 1 is 1.50 bits per heavy atom. The van der Waals surface area contributed by atoms with Crippen LogP contribution in [0.3, 0.4) is 0 Å². The minimum atomic E-state index is -3.74. The summed E-state index contributed by atoms with van der Waals surface area (Å²) in [7, 11) is -2.12. The van der Waals surface area contributed by atoms with Gasteiger partial charge < -0.3 is 4.57 Å². The van der Waals surface area contributed by atoms with E-state index >= 15 is 0 Å². The Morgan fingerprint density at radius 3 is 2.72 bits per heavy atom. The van der Waals surface area contributed by atoms with Gasteiger partial charge in [0.2, 0.25) is 5.03 Å². The number of rotatable bonds is 4. The van der Waals surface area contributed by atoms with Crippen LogP contribution in [-0.4, -0.2) is 23.0 Å². The molecule has 0 radical (unpaired) electrons. The SMILES string of the molecule is CC(NS(=O)(=O)c1ncn(C)c1Cl)c1nccs1. The summed E-state index contributed by atoms with van der Waals surface area (Å²) in [5, 5.41) is 2.38. The third-order valence-electron chi connectivity index (χ3n) is 2.24. The van der Waals surface area contributed by atoms with E-state index < -0.39 is 16.1 Å². The lowest BCUT2D eigenvalue weighted by Crippen LogP contribution is -2.27. The molecular formula is C9H11ClN4O2S2. The summed E-state index contributed by atoms with van der Waals surface area (Å²) >= 11 is 7.25. The lowest BCUT2D eigenvalue weighted by Gasteiger charge is -2.10. The number of nitrogens with one attached hydrogen (secondary N) is 1. The highest BCUT2D eigenvalue weighted by Gasteiger charge is 2.25. The first kappa shape index (κ1) is 13.5. The minimum absolute atomic E-state index is 0.0776. The van der Waals surface area contributed by atoms with Crippen molar-refractivity contribution in [1.82, 2.24) is 19.3 Å². The number of imidazole rings is 1. The molecule has 0 bridgehead atoms. The first-order chi connectivity index (χ1) is 8.42. The average molecular weight is 307 g/mol. The van der Waals surface area contributed by atoms with Crippen LogP contribution >= 0.6 is 22.9 Å². The smallest absolute Gasteiger partial charge is 0.261 e. The monoisotopic (exact) mass is 306 g/mol. The van der Waals surface area contributed by atoms with E-state index in [1.165, 1.54) is 22.2 Å². The predicted octanol–water partition coefficient (Wildman–Crippen LogP) is 1.57. The molecule has 1 atom stereocenters. The molecule has 6 nitrogen and oxygen atoms in total. The molecule has 0 saturated heterocycles. The number of hydrogen-bond donors (Lipinski definition) is 1. The molecule has 98 valence electrons. The highest BCUT2D eigenvalue weighted by Crippen LogP contribution is 2.22. The Kier molecular flexibility index (Phi) is 3.71. The van der Waals surface area contributed by atoms with Gasteiger partial charge in [-0.1, -0.05) is 11.6 Å². The fourth-order valence-corrected chi connectivity index (χ4v) is 3.72. The van der Waals surface area contributed by atoms with Crippen LogP contribution in [0.5, 0.6) is 0 Å². The van der Waals surface area contributed by atoms with Gasteiger partial charge in [-0.25, -0.2) is 23.1 Å². The minimum Gasteiger partial charge on any atom is -0.324 e. The molecule has 0 fully saturated rings. The summed E-state index contributed by atoms with van der Waals surface area (Å²) in [5.74, 6) is 0. The number of aromatic nitrogens is 3. The van der Waals surface area contributed by atoms with Crippen molar-refractivity contribution in [3.63, 3.8) is 0 Å². The molecule has 2 rings (SSSR count). The van der Waals surface area contributed by atoms with Gasteiger partial charge in [0.05, 0.1) is 12.4 Å². The maximum Gasteiger partial charge on any atom is 0.261 e. The fraction of sp³-hybridized carbons (Fsp3) is 0.333. The molecule has 0 spiro atoms. The van der Waals surface area contributed by atoms with Crippen LogP contribution in [0.25, 0.3) is 0 Å². The first-order valence-corrected chi connectivity index (χ1v) is 7.74. The van der Waals surface area contributed by atoms with Crippen LogP contribution < -0.4 is 4.72 Å². The number of nitrogens with zero attached hydrogens (tertiary/aromatic N) is 3. The molecule has 2 heterocycles. The number of hydrogen-bond acceptors (Lipinski definition) is 5. The number of halogens is 1. The normalized spacial score (nSPS) is 13.7. The van der Waals surface area contributed by atoms with E-state index in [1.54, 1.807) is 25.5 Å². The molecule has 0 aliphatic carbocycles. The van der Waals surface area contributed by atoms with Crippen LogP contribution in [0.4, 0.5) is 0 Å². The van der Waals surface area contributed by atoms with Crippen molar-refractivity contribution in [2.75, 3.05) is 0 Å². The van der Waals surface area contributed by atoms with Crippen molar-refractivity contribution in [3.8, 4) is 0 Å². The summed E-state index contributed by atoms with van der Waals surface area (Å²) in [5.41, 5.74) is 0. The zero-order chi connectivity index (χ0) is 13.3. The van der Waals surface area contributed by atoms with Gasteiger partial charge in [-0.05, 0) is 6.92 Å². The maximum atomic E-state index is 12.1. The molecule has 0 amide bonds. The largest absolute Gasteiger partial charge is 0.324 e. The van der Waals surface area contributed by atoms with Gasteiger partial charge >= 0.3 is 0 Å². The molecule has 9 heteroatoms. The summed E-state index contributed by atoms with van der Waals surface area (Å²) < 4.78 is 28.1. The van der Waals surface area contributed by atoms with Crippen molar-refractivity contribution >= 4 is 33.0 Å². The van der Waals surface area contributed by atoms with Gasteiger partial charge in [0.1, 0.15) is 10.2 Å². The molecule has 0 aromatic carbocycles. The highest BCUT2D eigenvalue weighted by atomic mass is 35.5. The lowest BCUT2D eigenvalue weighted by atomic mass is 10.4. The number of sulfonamides is 1. The van der Waals surface area contributed by atoms with Crippen molar-refractivity contribution in [1.29, 1.82) is 0 Å². The lowest BCUT2D eigenvalue weighted by molar-refractivity contribution is 0.563. The molecular weight excluding hydrogens is 296 g/mol. The van der Waals surface area contributed by atoms with E-state index in [2.05, 4.69) is 14.7 Å². The van der Waals surface area contributed by atoms with E-state index in [0.29, 0.717) is 5.01 Å². The summed E-state index contributed by atoms with van der Waals surface area (Å²) in [6, 6.07) is -0.423. The third-order valence-corrected chi connectivity index (χ3v) is 5.23. The van der Waals surface area contributed by atoms with Crippen LogP contribution in [0.15, 0.2) is 22.9 Å². The van der Waals surface area contributed by atoms with Gasteiger partial charge in [0.15, 0.2) is 0 Å². The molecule has 2 aromatic rings. The van der Waals surface area contributed by atoms with Crippen molar-refractivity contribution in [2.45, 2.75) is 18.0 Å². The standard InChI is InChI=1S/C9H11ClN4O2S2/c1-6(8-11-3-4-17-8)13-18(15,16)9-7(10)14(2)5-12-9/h3-6,13H,1-2H3. The second-order valence-electron chi connectivity index (χ2n) is 3.66. The third kappa shape index (κ3) is 2.56. The van der Waals surface area contributed by atoms with Crippen molar-refractivity contribution < 1.29 is 8.42 Å². The van der Waals surface area contributed by atoms with E-state index in [0.717, 1.165) is 0 Å². The molecule has 0 saturated carbocycles. The number of aryl methyl sites for hydroxylation is 1. The zero-order valence-corrected chi connectivity index (χ0v) is 12.1. The second-order valence-corrected chi connectivity index (χ2v) is 6.58. The van der Waals surface area contributed by atoms with E-state index in [4.69, 9.17) is 11.6 Å². The maximum absolute atomic E-state index is 12.1. The number of thiazole rings is 1. The van der Waals surface area contributed by atoms with Crippen LogP contribution in [0, 0.1) is 0 Å². The van der Waals surface area contributed by atoms with Gasteiger partial charge in [-0.15, -0.1) is 11.3 Å². The van der Waals surface area contributed by atoms with E-state index in [9.17, 15) is 8.42 Å². The topological polar surface area (TPSA) is 76.9 Å². The fourth-order valence-electron chi connectivity index (χ4n) is 1.36.